The average molecular weight is 222 g/mol. The highest BCUT2D eigenvalue weighted by molar-refractivity contribution is 7.48. The second-order valence-electron chi connectivity index (χ2n) is 3.98. The van der Waals surface area contributed by atoms with Gasteiger partial charge in [-0.1, -0.05) is 0 Å². The van der Waals surface area contributed by atoms with Crippen molar-refractivity contribution in [3.05, 3.63) is 0 Å². The van der Waals surface area contributed by atoms with E-state index in [1.807, 2.05) is 0 Å². The van der Waals surface area contributed by atoms with Gasteiger partial charge in [-0.05, 0) is 34.6 Å². The first-order valence-electron chi connectivity index (χ1n) is 5.02. The lowest BCUT2D eigenvalue weighted by Crippen LogP contribution is -2.36. The number of nitrogens with one attached hydrogen (secondary N) is 1. The van der Waals surface area contributed by atoms with Crippen LogP contribution in [0, 0.1) is 0 Å². The predicted octanol–water partition coefficient (Wildman–Crippen LogP) is 1.29. The van der Waals surface area contributed by atoms with Gasteiger partial charge in [0.2, 0.25) is 0 Å². The van der Waals surface area contributed by atoms with Gasteiger partial charge in [0.05, 0.1) is 6.29 Å². The molecule has 14 heavy (non-hydrogen) atoms. The van der Waals surface area contributed by atoms with Gasteiger partial charge in [-0.3, -0.25) is 9.99 Å². The molecule has 2 atom stereocenters. The van der Waals surface area contributed by atoms with Crippen molar-refractivity contribution in [3.63, 3.8) is 0 Å². The van der Waals surface area contributed by atoms with E-state index in [0.29, 0.717) is 18.4 Å². The summed E-state index contributed by atoms with van der Waals surface area (Å²) in [7, 11) is -1.19. The van der Waals surface area contributed by atoms with Crippen molar-refractivity contribution >= 4 is 8.30 Å². The largest absolute Gasteiger partial charge is 0.379 e. The second-order valence-corrected chi connectivity index (χ2v) is 5.50. The molecule has 0 aliphatic heterocycles. The number of rotatable bonds is 6. The number of aliphatic hydroxyl groups is 1. The van der Waals surface area contributed by atoms with E-state index >= 15 is 0 Å². The molecule has 0 amide bonds. The van der Waals surface area contributed by atoms with Crippen LogP contribution in [-0.4, -0.2) is 39.3 Å². The average Bonchev–Trinajstić information content (AvgIpc) is 1.99. The zero-order valence-corrected chi connectivity index (χ0v) is 10.6. The molecular formula is C9H23N2O2P. The van der Waals surface area contributed by atoms with E-state index in [2.05, 4.69) is 37.7 Å². The molecule has 3 N–H and O–H groups in total. The topological polar surface area (TPSA) is 55.7 Å². The third kappa shape index (κ3) is 5.23. The molecule has 0 heterocycles. The van der Waals surface area contributed by atoms with Crippen molar-refractivity contribution < 1.29 is 10.00 Å². The Labute approximate surface area is 88.2 Å². The maximum atomic E-state index is 9.92. The Morgan fingerprint density at radius 2 is 1.57 bits per heavy atom. The standard InChI is InChI=1S/C9H23N2O2P/c1-7(2)11(8(3)4)14(13)6-10-9(5)12/h7-10,12-13H,6H2,1-5H3. The smallest absolute Gasteiger partial charge is 0.116 e. The van der Waals surface area contributed by atoms with Gasteiger partial charge in [0.25, 0.3) is 0 Å². The van der Waals surface area contributed by atoms with E-state index in [-0.39, 0.29) is 0 Å². The molecule has 0 aliphatic carbocycles. The molecule has 0 radical (unpaired) electrons. The highest BCUT2D eigenvalue weighted by Gasteiger charge is 2.22. The fourth-order valence-corrected chi connectivity index (χ4v) is 3.08. The number of hydrogen-bond donors (Lipinski definition) is 3. The number of hydrogen-bond acceptors (Lipinski definition) is 4. The highest BCUT2D eigenvalue weighted by Crippen LogP contribution is 2.37. The van der Waals surface area contributed by atoms with Crippen molar-refractivity contribution in [3.8, 4) is 0 Å². The van der Waals surface area contributed by atoms with Crippen LogP contribution in [0.15, 0.2) is 0 Å². The Morgan fingerprint density at radius 3 is 1.86 bits per heavy atom. The van der Waals surface area contributed by atoms with E-state index in [9.17, 15) is 4.89 Å². The highest BCUT2D eigenvalue weighted by atomic mass is 31.2. The van der Waals surface area contributed by atoms with Crippen molar-refractivity contribution in [1.29, 1.82) is 0 Å². The second kappa shape index (κ2) is 6.70. The van der Waals surface area contributed by atoms with Crippen molar-refractivity contribution in [2.75, 3.05) is 6.29 Å². The zero-order chi connectivity index (χ0) is 11.3. The maximum absolute atomic E-state index is 9.92. The Balaban J connectivity index is 4.09. The molecule has 0 aliphatic rings. The lowest BCUT2D eigenvalue weighted by Gasteiger charge is -2.34. The van der Waals surface area contributed by atoms with Crippen LogP contribution in [0.1, 0.15) is 34.6 Å². The molecule has 5 heteroatoms. The minimum Gasteiger partial charge on any atom is -0.379 e. The van der Waals surface area contributed by atoms with Crippen LogP contribution in [0.5, 0.6) is 0 Å². The summed E-state index contributed by atoms with van der Waals surface area (Å²) in [6, 6.07) is 0.642. The van der Waals surface area contributed by atoms with Crippen LogP contribution >= 0.6 is 8.30 Å². The molecule has 0 aromatic carbocycles. The molecule has 0 aromatic heterocycles. The van der Waals surface area contributed by atoms with Gasteiger partial charge in [0, 0.05) is 12.1 Å². The first-order chi connectivity index (χ1) is 6.36. The molecule has 0 rings (SSSR count). The molecule has 0 aromatic rings. The summed E-state index contributed by atoms with van der Waals surface area (Å²) >= 11 is 0. The van der Waals surface area contributed by atoms with Crippen molar-refractivity contribution in [2.45, 2.75) is 52.9 Å². The van der Waals surface area contributed by atoms with Gasteiger partial charge >= 0.3 is 0 Å². The van der Waals surface area contributed by atoms with Crippen LogP contribution < -0.4 is 5.32 Å². The quantitative estimate of drug-likeness (QED) is 0.468. The lowest BCUT2D eigenvalue weighted by molar-refractivity contribution is 0.162. The first-order valence-corrected chi connectivity index (χ1v) is 6.45. The fraction of sp³-hybridized carbons (Fsp3) is 1.00. The third-order valence-electron chi connectivity index (χ3n) is 1.85. The summed E-state index contributed by atoms with van der Waals surface area (Å²) in [4.78, 5) is 9.92. The normalized spacial score (nSPS) is 16.7. The van der Waals surface area contributed by atoms with Crippen LogP contribution in [-0.2, 0) is 0 Å². The minimum absolute atomic E-state index is 0.321. The van der Waals surface area contributed by atoms with E-state index in [1.165, 1.54) is 0 Å². The van der Waals surface area contributed by atoms with E-state index < -0.39 is 14.5 Å². The molecule has 2 unspecified atom stereocenters. The zero-order valence-electron chi connectivity index (χ0n) is 9.73. The third-order valence-corrected chi connectivity index (χ3v) is 3.78. The molecule has 0 spiro atoms. The Hall–Kier alpha value is 0.270. The minimum atomic E-state index is -1.19. The summed E-state index contributed by atoms with van der Waals surface area (Å²) in [5.41, 5.74) is 0. The van der Waals surface area contributed by atoms with Gasteiger partial charge in [0.15, 0.2) is 0 Å². The molecular weight excluding hydrogens is 199 g/mol. The number of aliphatic hydroxyl groups excluding tert-OH is 1. The molecule has 0 saturated carbocycles. The van der Waals surface area contributed by atoms with Crippen LogP contribution in [0.3, 0.4) is 0 Å². The van der Waals surface area contributed by atoms with Gasteiger partial charge in [-0.15, -0.1) is 0 Å². The summed E-state index contributed by atoms with van der Waals surface area (Å²) in [6.07, 6.45) is -0.114. The van der Waals surface area contributed by atoms with Crippen LogP contribution in [0.2, 0.25) is 0 Å². The Bertz CT molecular complexity index is 146. The summed E-state index contributed by atoms with van der Waals surface area (Å²) < 4.78 is 2.06. The predicted molar refractivity (Wildman–Crippen MR) is 60.9 cm³/mol. The first kappa shape index (κ1) is 14.3. The maximum Gasteiger partial charge on any atom is 0.116 e. The van der Waals surface area contributed by atoms with E-state index in [1.54, 1.807) is 6.92 Å². The monoisotopic (exact) mass is 222 g/mol. The fourth-order valence-electron chi connectivity index (χ4n) is 1.42. The van der Waals surface area contributed by atoms with Gasteiger partial charge in [0.1, 0.15) is 14.5 Å². The van der Waals surface area contributed by atoms with Crippen molar-refractivity contribution in [2.24, 2.45) is 0 Å². The van der Waals surface area contributed by atoms with Crippen molar-refractivity contribution in [1.82, 2.24) is 9.99 Å². The van der Waals surface area contributed by atoms with Gasteiger partial charge in [-0.2, -0.15) is 0 Å². The molecule has 4 nitrogen and oxygen atoms in total. The summed E-state index contributed by atoms with van der Waals surface area (Å²) in [5, 5.41) is 11.9. The van der Waals surface area contributed by atoms with Crippen LogP contribution in [0.4, 0.5) is 0 Å². The molecule has 0 fully saturated rings. The Kier molecular flexibility index (Phi) is 6.83. The van der Waals surface area contributed by atoms with E-state index in [0.717, 1.165) is 0 Å². The summed E-state index contributed by atoms with van der Waals surface area (Å²) in [6.45, 7) is 9.90. The lowest BCUT2D eigenvalue weighted by atomic mass is 10.3. The molecule has 0 bridgehead atoms. The molecule has 0 saturated heterocycles. The van der Waals surface area contributed by atoms with Crippen LogP contribution in [0.25, 0.3) is 0 Å². The summed E-state index contributed by atoms with van der Waals surface area (Å²) in [5.74, 6) is 0. The molecule has 86 valence electrons. The SMILES string of the molecule is CC(O)NCP(O)N(C(C)C)C(C)C. The number of nitrogens with zero attached hydrogens (tertiary/aromatic N) is 1. The van der Waals surface area contributed by atoms with E-state index in [4.69, 9.17) is 5.11 Å². The Morgan fingerprint density at radius 1 is 1.14 bits per heavy atom. The van der Waals surface area contributed by atoms with Gasteiger partial charge < -0.3 is 10.00 Å². The van der Waals surface area contributed by atoms with Gasteiger partial charge in [-0.25, -0.2) is 0 Å².